The first kappa shape index (κ1) is 18.3. The second kappa shape index (κ2) is 7.53. The summed E-state index contributed by atoms with van der Waals surface area (Å²) in [6, 6.07) is 1.89. The van der Waals surface area contributed by atoms with Gasteiger partial charge in [-0.05, 0) is 33.6 Å². The van der Waals surface area contributed by atoms with Gasteiger partial charge in [0.25, 0.3) is 5.91 Å². The molecule has 28 heavy (non-hydrogen) atoms. The first-order valence-corrected chi connectivity index (χ1v) is 9.63. The number of hydrogen-bond donors (Lipinski definition) is 0. The fourth-order valence-electron chi connectivity index (χ4n) is 3.88. The maximum absolute atomic E-state index is 13.1. The lowest BCUT2D eigenvalue weighted by Crippen LogP contribution is -2.39. The van der Waals surface area contributed by atoms with E-state index < -0.39 is 0 Å². The highest BCUT2D eigenvalue weighted by atomic mass is 16.5. The molecular formula is C20H24N6O2. The Morgan fingerprint density at radius 2 is 2.18 bits per heavy atom. The van der Waals surface area contributed by atoms with Crippen LogP contribution in [-0.4, -0.2) is 48.8 Å². The molecule has 8 heteroatoms. The molecule has 0 bridgehead atoms. The molecule has 1 amide bonds. The van der Waals surface area contributed by atoms with Gasteiger partial charge in [-0.2, -0.15) is 5.10 Å². The Morgan fingerprint density at radius 1 is 1.32 bits per heavy atom. The summed E-state index contributed by atoms with van der Waals surface area (Å²) < 4.78 is 7.29. The van der Waals surface area contributed by atoms with E-state index in [0.29, 0.717) is 17.9 Å². The molecule has 4 rings (SSSR count). The van der Waals surface area contributed by atoms with Crippen molar-refractivity contribution in [3.63, 3.8) is 0 Å². The molecule has 1 unspecified atom stereocenters. The van der Waals surface area contributed by atoms with E-state index in [1.54, 1.807) is 18.7 Å². The van der Waals surface area contributed by atoms with E-state index in [1.807, 2.05) is 36.4 Å². The van der Waals surface area contributed by atoms with Gasteiger partial charge >= 0.3 is 0 Å². The third-order valence-electron chi connectivity index (χ3n) is 5.36. The lowest BCUT2D eigenvalue weighted by Gasteiger charge is -2.33. The van der Waals surface area contributed by atoms with Crippen LogP contribution in [0.2, 0.25) is 0 Å². The molecule has 0 spiro atoms. The third-order valence-corrected chi connectivity index (χ3v) is 5.36. The fraction of sp³-hybridized carbons (Fsp3) is 0.450. The highest BCUT2D eigenvalue weighted by molar-refractivity contribution is 5.95. The standard InChI is InChI=1S/C20H24N6O2/c1-4-26-14(3)16(10-23-26)20(27)25-7-5-6-15(11-25)19-17(9-21-12-22-19)18-8-13(2)24-28-18/h8-10,12,15H,4-7,11H2,1-3H3. The largest absolute Gasteiger partial charge is 0.356 e. The zero-order valence-corrected chi connectivity index (χ0v) is 16.4. The molecule has 1 atom stereocenters. The number of carbonyl (C=O) groups excluding carboxylic acids is 1. The monoisotopic (exact) mass is 380 g/mol. The van der Waals surface area contributed by atoms with Crippen LogP contribution in [0, 0.1) is 13.8 Å². The van der Waals surface area contributed by atoms with Gasteiger partial charge in [-0.25, -0.2) is 9.97 Å². The lowest BCUT2D eigenvalue weighted by atomic mass is 9.91. The molecule has 1 aliphatic rings. The van der Waals surface area contributed by atoms with Crippen LogP contribution in [0.1, 0.15) is 53.1 Å². The van der Waals surface area contributed by atoms with Gasteiger partial charge in [0.05, 0.1) is 28.7 Å². The lowest BCUT2D eigenvalue weighted by molar-refractivity contribution is 0.0705. The van der Waals surface area contributed by atoms with Crippen LogP contribution in [0.15, 0.2) is 29.3 Å². The maximum Gasteiger partial charge on any atom is 0.257 e. The van der Waals surface area contributed by atoms with Crippen molar-refractivity contribution >= 4 is 5.91 Å². The van der Waals surface area contributed by atoms with Crippen LogP contribution >= 0.6 is 0 Å². The van der Waals surface area contributed by atoms with E-state index in [0.717, 1.165) is 48.6 Å². The minimum atomic E-state index is 0.0352. The van der Waals surface area contributed by atoms with Crippen LogP contribution in [0.4, 0.5) is 0 Å². The SMILES string of the molecule is CCn1ncc(C(=O)N2CCCC(c3ncncc3-c3cc(C)no3)C2)c1C. The van der Waals surface area contributed by atoms with E-state index in [1.165, 1.54) is 0 Å². The fourth-order valence-corrected chi connectivity index (χ4v) is 3.88. The van der Waals surface area contributed by atoms with Gasteiger partial charge in [-0.1, -0.05) is 5.16 Å². The van der Waals surface area contributed by atoms with Gasteiger partial charge in [0.15, 0.2) is 5.76 Å². The zero-order valence-electron chi connectivity index (χ0n) is 16.4. The van der Waals surface area contributed by atoms with Crippen molar-refractivity contribution in [2.24, 2.45) is 0 Å². The highest BCUT2D eigenvalue weighted by Crippen LogP contribution is 2.33. The molecule has 0 saturated carbocycles. The summed E-state index contributed by atoms with van der Waals surface area (Å²) in [6.45, 7) is 7.96. The molecule has 1 fully saturated rings. The molecule has 1 saturated heterocycles. The van der Waals surface area contributed by atoms with E-state index in [-0.39, 0.29) is 11.8 Å². The van der Waals surface area contributed by atoms with Crippen LogP contribution < -0.4 is 0 Å². The summed E-state index contributed by atoms with van der Waals surface area (Å²) in [5.41, 5.74) is 4.15. The van der Waals surface area contributed by atoms with Crippen molar-refractivity contribution in [2.45, 2.75) is 46.1 Å². The van der Waals surface area contributed by atoms with Gasteiger partial charge in [0, 0.05) is 43.5 Å². The molecule has 0 radical (unpaired) electrons. The zero-order chi connectivity index (χ0) is 19.7. The smallest absolute Gasteiger partial charge is 0.257 e. The Balaban J connectivity index is 1.59. The van der Waals surface area contributed by atoms with Gasteiger partial charge in [-0.3, -0.25) is 9.48 Å². The molecule has 8 nitrogen and oxygen atoms in total. The summed E-state index contributed by atoms with van der Waals surface area (Å²) in [5, 5.41) is 8.29. The molecule has 0 N–H and O–H groups in total. The molecule has 1 aliphatic heterocycles. The number of likely N-dealkylation sites (tertiary alicyclic amines) is 1. The van der Waals surface area contributed by atoms with Crippen LogP contribution in [0.5, 0.6) is 0 Å². The average molecular weight is 380 g/mol. The van der Waals surface area contributed by atoms with Gasteiger partial charge in [0.2, 0.25) is 0 Å². The van der Waals surface area contributed by atoms with E-state index in [4.69, 9.17) is 4.52 Å². The topological polar surface area (TPSA) is 89.9 Å². The average Bonchev–Trinajstić information content (AvgIpc) is 3.33. The number of aryl methyl sites for hydroxylation is 2. The van der Waals surface area contributed by atoms with Gasteiger partial charge in [-0.15, -0.1) is 0 Å². The number of aromatic nitrogens is 5. The molecule has 0 aliphatic carbocycles. The Morgan fingerprint density at radius 3 is 2.89 bits per heavy atom. The molecule has 146 valence electrons. The summed E-state index contributed by atoms with van der Waals surface area (Å²) in [6.07, 6.45) is 6.89. The molecule has 3 aromatic heterocycles. The summed E-state index contributed by atoms with van der Waals surface area (Å²) in [7, 11) is 0. The Bertz CT molecular complexity index is 992. The normalized spacial score (nSPS) is 17.1. The first-order chi connectivity index (χ1) is 13.6. The number of nitrogens with zero attached hydrogens (tertiary/aromatic N) is 6. The van der Waals surface area contributed by atoms with E-state index >= 15 is 0 Å². The molecule has 0 aromatic carbocycles. The number of hydrogen-bond acceptors (Lipinski definition) is 6. The van der Waals surface area contributed by atoms with Crippen molar-refractivity contribution in [3.8, 4) is 11.3 Å². The summed E-state index contributed by atoms with van der Waals surface area (Å²) >= 11 is 0. The Labute approximate surface area is 163 Å². The predicted octanol–water partition coefficient (Wildman–Crippen LogP) is 2.98. The summed E-state index contributed by atoms with van der Waals surface area (Å²) in [5.74, 6) is 0.826. The van der Waals surface area contributed by atoms with Crippen molar-refractivity contribution in [1.82, 2.24) is 29.8 Å². The molecule has 4 heterocycles. The molecule has 3 aromatic rings. The van der Waals surface area contributed by atoms with Crippen LogP contribution in [0.3, 0.4) is 0 Å². The van der Waals surface area contributed by atoms with Crippen molar-refractivity contribution in [3.05, 3.63) is 47.4 Å². The minimum Gasteiger partial charge on any atom is -0.356 e. The highest BCUT2D eigenvalue weighted by Gasteiger charge is 2.30. The van der Waals surface area contributed by atoms with Crippen molar-refractivity contribution in [1.29, 1.82) is 0 Å². The second-order valence-electron chi connectivity index (χ2n) is 7.20. The molecular weight excluding hydrogens is 356 g/mol. The van der Waals surface area contributed by atoms with Crippen LogP contribution in [-0.2, 0) is 6.54 Å². The maximum atomic E-state index is 13.1. The van der Waals surface area contributed by atoms with E-state index in [9.17, 15) is 4.79 Å². The first-order valence-electron chi connectivity index (χ1n) is 9.63. The minimum absolute atomic E-state index is 0.0352. The number of rotatable bonds is 4. The quantitative estimate of drug-likeness (QED) is 0.691. The number of carbonyl (C=O) groups is 1. The van der Waals surface area contributed by atoms with Gasteiger partial charge in [0.1, 0.15) is 6.33 Å². The van der Waals surface area contributed by atoms with Crippen LogP contribution in [0.25, 0.3) is 11.3 Å². The Kier molecular flexibility index (Phi) is 4.93. The third kappa shape index (κ3) is 3.30. The van der Waals surface area contributed by atoms with Crippen molar-refractivity contribution in [2.75, 3.05) is 13.1 Å². The van der Waals surface area contributed by atoms with Crippen molar-refractivity contribution < 1.29 is 9.32 Å². The number of amides is 1. The van der Waals surface area contributed by atoms with Gasteiger partial charge < -0.3 is 9.42 Å². The Hall–Kier alpha value is -3.03. The predicted molar refractivity (Wildman–Crippen MR) is 103 cm³/mol. The van der Waals surface area contributed by atoms with E-state index in [2.05, 4.69) is 20.2 Å². The number of piperidine rings is 1. The summed E-state index contributed by atoms with van der Waals surface area (Å²) in [4.78, 5) is 23.7. The second-order valence-corrected chi connectivity index (χ2v) is 7.20.